The number of aryl methyl sites for hydroxylation is 1. The number of hydrogen-bond acceptors (Lipinski definition) is 2. The summed E-state index contributed by atoms with van der Waals surface area (Å²) in [7, 11) is 2.03. The van der Waals surface area contributed by atoms with E-state index in [9.17, 15) is 0 Å². The number of aromatic nitrogens is 3. The minimum Gasteiger partial charge on any atom is -0.320 e. The molecule has 0 saturated heterocycles. The third kappa shape index (κ3) is 1.70. The maximum atomic E-state index is 4.35. The molecule has 0 N–H and O–H groups in total. The van der Waals surface area contributed by atoms with Gasteiger partial charge in [-0.3, -0.25) is 0 Å². The molecule has 1 aromatic heterocycles. The smallest absolute Gasteiger partial charge is 0.143 e. The molecule has 94 valence electrons. The summed E-state index contributed by atoms with van der Waals surface area (Å²) in [6.07, 6.45) is 4.09. The molecule has 1 heterocycles. The second-order valence-electron chi connectivity index (χ2n) is 5.37. The van der Waals surface area contributed by atoms with Crippen molar-refractivity contribution in [3.63, 3.8) is 0 Å². The Hall–Kier alpha value is -1.16. The van der Waals surface area contributed by atoms with Crippen molar-refractivity contribution in [1.82, 2.24) is 14.8 Å². The molecule has 2 aromatic rings. The van der Waals surface area contributed by atoms with Crippen molar-refractivity contribution in [2.24, 2.45) is 13.0 Å². The molecule has 0 aliphatic heterocycles. The average molecular weight is 306 g/mol. The Balaban J connectivity index is 2.11. The maximum Gasteiger partial charge on any atom is 0.143 e. The van der Waals surface area contributed by atoms with E-state index >= 15 is 0 Å². The Labute approximate surface area is 115 Å². The summed E-state index contributed by atoms with van der Waals surface area (Å²) in [5, 5.41) is 8.39. The standard InChI is InChI=1S/C14H16BrN3/c1-10-7-14(8-10,13-17-16-9-18(13)2)11-4-3-5-12(15)6-11/h3-6,9-10H,7-8H2,1-2H3/t10-,14+. The van der Waals surface area contributed by atoms with E-state index in [2.05, 4.69) is 57.3 Å². The van der Waals surface area contributed by atoms with Gasteiger partial charge in [0.1, 0.15) is 12.2 Å². The van der Waals surface area contributed by atoms with E-state index in [-0.39, 0.29) is 5.41 Å². The van der Waals surface area contributed by atoms with Crippen molar-refractivity contribution in [2.45, 2.75) is 25.2 Å². The zero-order valence-corrected chi connectivity index (χ0v) is 12.2. The van der Waals surface area contributed by atoms with Gasteiger partial charge in [0.25, 0.3) is 0 Å². The quantitative estimate of drug-likeness (QED) is 0.852. The minimum atomic E-state index is 0.0500. The lowest BCUT2D eigenvalue weighted by molar-refractivity contribution is 0.185. The van der Waals surface area contributed by atoms with Gasteiger partial charge >= 0.3 is 0 Å². The molecule has 0 radical (unpaired) electrons. The molecular formula is C14H16BrN3. The van der Waals surface area contributed by atoms with Gasteiger partial charge in [-0.15, -0.1) is 10.2 Å². The zero-order valence-electron chi connectivity index (χ0n) is 10.6. The molecule has 0 amide bonds. The molecule has 0 unspecified atom stereocenters. The second kappa shape index (κ2) is 4.19. The highest BCUT2D eigenvalue weighted by Crippen LogP contribution is 2.51. The van der Waals surface area contributed by atoms with Gasteiger partial charge in [0, 0.05) is 11.5 Å². The first-order chi connectivity index (χ1) is 8.62. The third-order valence-corrected chi connectivity index (χ3v) is 4.40. The van der Waals surface area contributed by atoms with E-state index < -0.39 is 0 Å². The van der Waals surface area contributed by atoms with Gasteiger partial charge in [0.15, 0.2) is 0 Å². The molecule has 18 heavy (non-hydrogen) atoms. The SMILES string of the molecule is Cn1cnnc1[C@]1(c2cccc(Br)c2)C[C@H](C)C1. The summed E-state index contributed by atoms with van der Waals surface area (Å²) in [5.74, 6) is 1.83. The number of halogens is 1. The first-order valence-electron chi connectivity index (χ1n) is 6.22. The van der Waals surface area contributed by atoms with Crippen molar-refractivity contribution in [3.8, 4) is 0 Å². The van der Waals surface area contributed by atoms with Gasteiger partial charge < -0.3 is 4.57 Å². The number of nitrogens with zero attached hydrogens (tertiary/aromatic N) is 3. The van der Waals surface area contributed by atoms with E-state index in [1.54, 1.807) is 6.33 Å². The van der Waals surface area contributed by atoms with Crippen molar-refractivity contribution in [3.05, 3.63) is 46.5 Å². The normalized spacial score (nSPS) is 26.9. The summed E-state index contributed by atoms with van der Waals surface area (Å²) in [6.45, 7) is 2.30. The highest BCUT2D eigenvalue weighted by Gasteiger charge is 2.48. The lowest BCUT2D eigenvalue weighted by Gasteiger charge is -2.46. The first-order valence-corrected chi connectivity index (χ1v) is 7.02. The van der Waals surface area contributed by atoms with Crippen molar-refractivity contribution in [1.29, 1.82) is 0 Å². The summed E-state index contributed by atoms with van der Waals surface area (Å²) < 4.78 is 3.17. The molecule has 1 saturated carbocycles. The van der Waals surface area contributed by atoms with Crippen LogP contribution in [0.4, 0.5) is 0 Å². The lowest BCUT2D eigenvalue weighted by Crippen LogP contribution is -2.43. The van der Waals surface area contributed by atoms with Crippen LogP contribution in [0.2, 0.25) is 0 Å². The predicted molar refractivity (Wildman–Crippen MR) is 74.3 cm³/mol. The van der Waals surface area contributed by atoms with Gasteiger partial charge in [-0.05, 0) is 36.5 Å². The minimum absolute atomic E-state index is 0.0500. The van der Waals surface area contributed by atoms with Crippen LogP contribution in [0.3, 0.4) is 0 Å². The molecular weight excluding hydrogens is 290 g/mol. The van der Waals surface area contributed by atoms with Crippen LogP contribution in [-0.2, 0) is 12.5 Å². The predicted octanol–water partition coefficient (Wildman–Crippen LogP) is 3.29. The molecule has 1 fully saturated rings. The molecule has 4 heteroatoms. The summed E-state index contributed by atoms with van der Waals surface area (Å²) in [5.41, 5.74) is 1.39. The van der Waals surface area contributed by atoms with Crippen LogP contribution in [0.15, 0.2) is 35.1 Å². The third-order valence-electron chi connectivity index (χ3n) is 3.91. The average Bonchev–Trinajstić information content (AvgIpc) is 2.71. The van der Waals surface area contributed by atoms with Crippen LogP contribution in [0.1, 0.15) is 31.2 Å². The number of rotatable bonds is 2. The highest BCUT2D eigenvalue weighted by molar-refractivity contribution is 9.10. The molecule has 1 aliphatic rings. The Morgan fingerprint density at radius 3 is 2.72 bits per heavy atom. The van der Waals surface area contributed by atoms with E-state index in [1.807, 2.05) is 11.6 Å². The molecule has 1 aliphatic carbocycles. The van der Waals surface area contributed by atoms with E-state index in [0.717, 1.165) is 29.1 Å². The maximum absolute atomic E-state index is 4.35. The van der Waals surface area contributed by atoms with Gasteiger partial charge in [-0.2, -0.15) is 0 Å². The van der Waals surface area contributed by atoms with E-state index in [0.29, 0.717) is 0 Å². The van der Waals surface area contributed by atoms with Crippen LogP contribution >= 0.6 is 15.9 Å². The Bertz CT molecular complexity index is 570. The highest BCUT2D eigenvalue weighted by atomic mass is 79.9. The lowest BCUT2D eigenvalue weighted by atomic mass is 9.58. The zero-order chi connectivity index (χ0) is 12.8. The second-order valence-corrected chi connectivity index (χ2v) is 6.29. The van der Waals surface area contributed by atoms with E-state index in [1.165, 1.54) is 5.56 Å². The van der Waals surface area contributed by atoms with Gasteiger partial charge in [0.2, 0.25) is 0 Å². The first kappa shape index (κ1) is 11.9. The number of hydrogen-bond donors (Lipinski definition) is 0. The molecule has 0 bridgehead atoms. The van der Waals surface area contributed by atoms with Crippen LogP contribution in [0.25, 0.3) is 0 Å². The monoisotopic (exact) mass is 305 g/mol. The van der Waals surface area contributed by atoms with Crippen LogP contribution in [0, 0.1) is 5.92 Å². The summed E-state index contributed by atoms with van der Waals surface area (Å²) >= 11 is 3.56. The van der Waals surface area contributed by atoms with Gasteiger partial charge in [-0.25, -0.2) is 0 Å². The molecule has 1 aromatic carbocycles. The molecule has 0 spiro atoms. The summed E-state index contributed by atoms with van der Waals surface area (Å²) in [4.78, 5) is 0. The van der Waals surface area contributed by atoms with Crippen molar-refractivity contribution >= 4 is 15.9 Å². The fourth-order valence-electron chi connectivity index (χ4n) is 3.18. The van der Waals surface area contributed by atoms with E-state index in [4.69, 9.17) is 0 Å². The van der Waals surface area contributed by atoms with Crippen LogP contribution in [0.5, 0.6) is 0 Å². The van der Waals surface area contributed by atoms with Gasteiger partial charge in [-0.1, -0.05) is 35.0 Å². The summed E-state index contributed by atoms with van der Waals surface area (Å²) in [6, 6.07) is 8.57. The van der Waals surface area contributed by atoms with Crippen LogP contribution in [-0.4, -0.2) is 14.8 Å². The largest absolute Gasteiger partial charge is 0.320 e. The molecule has 3 rings (SSSR count). The van der Waals surface area contributed by atoms with Gasteiger partial charge in [0.05, 0.1) is 5.41 Å². The Kier molecular flexibility index (Phi) is 2.77. The Morgan fingerprint density at radius 1 is 1.39 bits per heavy atom. The molecule has 0 atom stereocenters. The van der Waals surface area contributed by atoms with Crippen molar-refractivity contribution in [2.75, 3.05) is 0 Å². The topological polar surface area (TPSA) is 30.7 Å². The number of benzene rings is 1. The van der Waals surface area contributed by atoms with Crippen molar-refractivity contribution < 1.29 is 0 Å². The van der Waals surface area contributed by atoms with Crippen LogP contribution < -0.4 is 0 Å². The fraction of sp³-hybridized carbons (Fsp3) is 0.429. The molecule has 3 nitrogen and oxygen atoms in total. The Morgan fingerprint density at radius 2 is 2.17 bits per heavy atom. The fourth-order valence-corrected chi connectivity index (χ4v) is 3.58.